The Kier molecular flexibility index (Phi) is 6.97. The topological polar surface area (TPSA) is 59.4 Å². The number of hydrogen-bond donors (Lipinski definition) is 1. The summed E-state index contributed by atoms with van der Waals surface area (Å²) in [6.45, 7) is 2.73. The summed E-state index contributed by atoms with van der Waals surface area (Å²) in [6, 6.07) is 15.7. The molecule has 0 spiro atoms. The number of aromatic nitrogens is 2. The van der Waals surface area contributed by atoms with Gasteiger partial charge in [-0.25, -0.2) is 9.07 Å². The normalized spacial score (nSPS) is 15.2. The molecule has 4 rings (SSSR count). The maximum absolute atomic E-state index is 13.0. The highest BCUT2D eigenvalue weighted by Gasteiger charge is 2.23. The minimum atomic E-state index is -0.221. The standard InChI is InChI=1S/C25H27FN4O2/c1-32-23-7-3-2-6-22(23)25(31)28-24-12-15-27-30(24)21-13-17-29(18-14-21)16-4-5-19-8-10-20(26)11-9-19/h2-12,15,21H,13-14,16-18H2,1H3,(H,28,31). The maximum atomic E-state index is 13.0. The van der Waals surface area contributed by atoms with E-state index in [1.807, 2.05) is 29.0 Å². The van der Waals surface area contributed by atoms with Gasteiger partial charge in [-0.05, 0) is 42.7 Å². The molecule has 0 radical (unpaired) electrons. The number of carbonyl (C=O) groups is 1. The van der Waals surface area contributed by atoms with E-state index in [0.29, 0.717) is 17.1 Å². The quantitative estimate of drug-likeness (QED) is 0.589. The summed E-state index contributed by atoms with van der Waals surface area (Å²) in [6.07, 6.45) is 7.74. The number of para-hydroxylation sites is 1. The van der Waals surface area contributed by atoms with Crippen LogP contribution in [0.2, 0.25) is 0 Å². The summed E-state index contributed by atoms with van der Waals surface area (Å²) in [5.74, 6) is 0.794. The van der Waals surface area contributed by atoms with E-state index in [1.54, 1.807) is 37.6 Å². The zero-order valence-corrected chi connectivity index (χ0v) is 18.1. The van der Waals surface area contributed by atoms with Gasteiger partial charge < -0.3 is 10.1 Å². The van der Waals surface area contributed by atoms with Crippen LogP contribution in [0.5, 0.6) is 5.75 Å². The van der Waals surface area contributed by atoms with Crippen LogP contribution in [0.4, 0.5) is 10.2 Å². The summed E-state index contributed by atoms with van der Waals surface area (Å²) in [5.41, 5.74) is 1.48. The molecule has 1 N–H and O–H groups in total. The van der Waals surface area contributed by atoms with Crippen molar-refractivity contribution in [2.24, 2.45) is 0 Å². The Morgan fingerprint density at radius 2 is 1.91 bits per heavy atom. The number of carbonyl (C=O) groups excluding carboxylic acids is 1. The van der Waals surface area contributed by atoms with E-state index >= 15 is 0 Å². The average Bonchev–Trinajstić information content (AvgIpc) is 3.28. The molecule has 3 aromatic rings. The van der Waals surface area contributed by atoms with Gasteiger partial charge >= 0.3 is 0 Å². The molecule has 7 heteroatoms. The zero-order chi connectivity index (χ0) is 22.3. The lowest BCUT2D eigenvalue weighted by Crippen LogP contribution is -2.35. The highest BCUT2D eigenvalue weighted by molar-refractivity contribution is 6.05. The Morgan fingerprint density at radius 3 is 2.66 bits per heavy atom. The molecule has 1 amide bonds. The molecule has 2 aromatic carbocycles. The number of nitrogens with zero attached hydrogens (tertiary/aromatic N) is 3. The molecule has 32 heavy (non-hydrogen) atoms. The predicted molar refractivity (Wildman–Crippen MR) is 123 cm³/mol. The number of likely N-dealkylation sites (tertiary alicyclic amines) is 1. The Hall–Kier alpha value is -3.45. The van der Waals surface area contributed by atoms with Gasteiger partial charge in [0.05, 0.1) is 24.9 Å². The number of benzene rings is 2. The number of anilines is 1. The molecule has 0 atom stereocenters. The van der Waals surface area contributed by atoms with E-state index in [-0.39, 0.29) is 17.8 Å². The molecule has 0 saturated carbocycles. The first-order valence-corrected chi connectivity index (χ1v) is 10.8. The number of halogens is 1. The lowest BCUT2D eigenvalue weighted by molar-refractivity contribution is 0.102. The number of rotatable bonds is 7. The lowest BCUT2D eigenvalue weighted by Gasteiger charge is -2.32. The van der Waals surface area contributed by atoms with E-state index in [4.69, 9.17) is 4.74 Å². The minimum absolute atomic E-state index is 0.215. The monoisotopic (exact) mass is 434 g/mol. The third kappa shape index (κ3) is 5.23. The van der Waals surface area contributed by atoms with E-state index in [1.165, 1.54) is 12.1 Å². The van der Waals surface area contributed by atoms with Crippen LogP contribution in [-0.2, 0) is 0 Å². The fourth-order valence-electron chi connectivity index (χ4n) is 3.98. The van der Waals surface area contributed by atoms with E-state index in [0.717, 1.165) is 38.0 Å². The number of methoxy groups -OCH3 is 1. The first-order valence-electron chi connectivity index (χ1n) is 10.8. The minimum Gasteiger partial charge on any atom is -0.496 e. The molecule has 2 heterocycles. The van der Waals surface area contributed by atoms with Crippen molar-refractivity contribution in [3.8, 4) is 5.75 Å². The van der Waals surface area contributed by atoms with Crippen molar-refractivity contribution in [1.82, 2.24) is 14.7 Å². The van der Waals surface area contributed by atoms with Crippen molar-refractivity contribution >= 4 is 17.8 Å². The lowest BCUT2D eigenvalue weighted by atomic mass is 10.1. The molecule has 6 nitrogen and oxygen atoms in total. The van der Waals surface area contributed by atoms with Gasteiger partial charge in [0.2, 0.25) is 0 Å². The smallest absolute Gasteiger partial charge is 0.260 e. The van der Waals surface area contributed by atoms with Gasteiger partial charge in [0, 0.05) is 25.7 Å². The first kappa shape index (κ1) is 21.8. The van der Waals surface area contributed by atoms with E-state index in [2.05, 4.69) is 21.4 Å². The average molecular weight is 435 g/mol. The summed E-state index contributed by atoms with van der Waals surface area (Å²) in [5, 5.41) is 7.45. The van der Waals surface area contributed by atoms with Crippen molar-refractivity contribution in [2.45, 2.75) is 18.9 Å². The SMILES string of the molecule is COc1ccccc1C(=O)Nc1ccnn1C1CCN(CC=Cc2ccc(F)cc2)CC1. The van der Waals surface area contributed by atoms with Crippen LogP contribution in [0.15, 0.2) is 66.9 Å². The van der Waals surface area contributed by atoms with E-state index in [9.17, 15) is 9.18 Å². The molecule has 166 valence electrons. The van der Waals surface area contributed by atoms with Crippen molar-refractivity contribution in [3.05, 3.63) is 83.8 Å². The highest BCUT2D eigenvalue weighted by atomic mass is 19.1. The number of piperidine rings is 1. The van der Waals surface area contributed by atoms with Gasteiger partial charge in [-0.2, -0.15) is 5.10 Å². The van der Waals surface area contributed by atoms with Gasteiger partial charge in [0.25, 0.3) is 5.91 Å². The van der Waals surface area contributed by atoms with Crippen molar-refractivity contribution < 1.29 is 13.9 Å². The molecule has 1 aromatic heterocycles. The second kappa shape index (κ2) is 10.2. The Morgan fingerprint density at radius 1 is 1.16 bits per heavy atom. The molecule has 1 aliphatic rings. The van der Waals surface area contributed by atoms with Gasteiger partial charge in [-0.1, -0.05) is 36.4 Å². The molecule has 1 fully saturated rings. The van der Waals surface area contributed by atoms with Crippen LogP contribution < -0.4 is 10.1 Å². The largest absolute Gasteiger partial charge is 0.496 e. The molecule has 0 unspecified atom stereocenters. The first-order chi connectivity index (χ1) is 15.6. The summed E-state index contributed by atoms with van der Waals surface area (Å²) in [7, 11) is 1.55. The van der Waals surface area contributed by atoms with Crippen LogP contribution in [0.1, 0.15) is 34.8 Å². The Bertz CT molecular complexity index is 1070. The summed E-state index contributed by atoms with van der Waals surface area (Å²) < 4.78 is 20.2. The number of amides is 1. The highest BCUT2D eigenvalue weighted by Crippen LogP contribution is 2.26. The van der Waals surface area contributed by atoms with E-state index < -0.39 is 0 Å². The molecule has 0 aliphatic carbocycles. The molecule has 0 bridgehead atoms. The zero-order valence-electron chi connectivity index (χ0n) is 18.1. The number of hydrogen-bond acceptors (Lipinski definition) is 4. The van der Waals surface area contributed by atoms with Crippen LogP contribution in [0.25, 0.3) is 6.08 Å². The van der Waals surface area contributed by atoms with Crippen LogP contribution in [-0.4, -0.2) is 47.3 Å². The molecular weight excluding hydrogens is 407 g/mol. The Balaban J connectivity index is 1.32. The van der Waals surface area contributed by atoms with Crippen LogP contribution >= 0.6 is 0 Å². The second-order valence-corrected chi connectivity index (χ2v) is 7.80. The van der Waals surface area contributed by atoms with Gasteiger partial charge in [0.15, 0.2) is 0 Å². The maximum Gasteiger partial charge on any atom is 0.260 e. The van der Waals surface area contributed by atoms with Crippen LogP contribution in [0, 0.1) is 5.82 Å². The van der Waals surface area contributed by atoms with Gasteiger partial charge in [-0.15, -0.1) is 0 Å². The summed E-state index contributed by atoms with van der Waals surface area (Å²) >= 11 is 0. The second-order valence-electron chi connectivity index (χ2n) is 7.80. The molecular formula is C25H27FN4O2. The number of ether oxygens (including phenoxy) is 1. The predicted octanol–water partition coefficient (Wildman–Crippen LogP) is 4.63. The molecule has 1 saturated heterocycles. The van der Waals surface area contributed by atoms with Gasteiger partial charge in [0.1, 0.15) is 17.4 Å². The van der Waals surface area contributed by atoms with Crippen molar-refractivity contribution in [1.29, 1.82) is 0 Å². The van der Waals surface area contributed by atoms with Crippen molar-refractivity contribution in [3.63, 3.8) is 0 Å². The summed E-state index contributed by atoms with van der Waals surface area (Å²) in [4.78, 5) is 15.1. The fraction of sp³-hybridized carbons (Fsp3) is 0.280. The van der Waals surface area contributed by atoms with Gasteiger partial charge in [-0.3, -0.25) is 9.69 Å². The fourth-order valence-corrected chi connectivity index (χ4v) is 3.98. The molecule has 1 aliphatic heterocycles. The van der Waals surface area contributed by atoms with Crippen LogP contribution in [0.3, 0.4) is 0 Å². The third-order valence-electron chi connectivity index (χ3n) is 5.71. The van der Waals surface area contributed by atoms with Crippen molar-refractivity contribution in [2.75, 3.05) is 32.1 Å². The number of nitrogens with one attached hydrogen (secondary N) is 1. The third-order valence-corrected chi connectivity index (χ3v) is 5.71. The Labute approximate surface area is 187 Å².